The van der Waals surface area contributed by atoms with E-state index in [9.17, 15) is 9.59 Å². The van der Waals surface area contributed by atoms with Crippen molar-refractivity contribution < 1.29 is 19.4 Å². The third-order valence-electron chi connectivity index (χ3n) is 3.30. The number of carboxylic acid groups (broad SMARTS) is 1. The van der Waals surface area contributed by atoms with Gasteiger partial charge in [-0.1, -0.05) is 12.1 Å². The van der Waals surface area contributed by atoms with Crippen LogP contribution in [0.4, 0.5) is 0 Å². The highest BCUT2D eigenvalue weighted by Crippen LogP contribution is 2.15. The Balaban J connectivity index is 2.13. The van der Waals surface area contributed by atoms with Gasteiger partial charge in [0, 0.05) is 24.7 Å². The van der Waals surface area contributed by atoms with Crippen molar-refractivity contribution in [3.8, 4) is 0 Å². The molecule has 0 bridgehead atoms. The van der Waals surface area contributed by atoms with Gasteiger partial charge in [0.15, 0.2) is 0 Å². The highest BCUT2D eigenvalue weighted by molar-refractivity contribution is 5.96. The van der Waals surface area contributed by atoms with Crippen molar-refractivity contribution in [2.75, 3.05) is 26.3 Å². The molecule has 1 amide bonds. The molecule has 0 radical (unpaired) electrons. The molecule has 1 aliphatic heterocycles. The average molecular weight is 290 g/mol. The fourth-order valence-corrected chi connectivity index (χ4v) is 2.12. The predicted octanol–water partition coefficient (Wildman–Crippen LogP) is 1.07. The Morgan fingerprint density at radius 1 is 1.33 bits per heavy atom. The minimum atomic E-state index is -1.02. The van der Waals surface area contributed by atoms with Crippen LogP contribution in [0.25, 0.3) is 6.08 Å². The number of carbonyl (C=O) groups is 2. The van der Waals surface area contributed by atoms with E-state index in [1.807, 2.05) is 5.01 Å². The maximum absolute atomic E-state index is 12.3. The van der Waals surface area contributed by atoms with Crippen LogP contribution in [0.15, 0.2) is 24.3 Å². The van der Waals surface area contributed by atoms with E-state index in [-0.39, 0.29) is 5.91 Å². The molecule has 1 aromatic rings. The second-order valence-corrected chi connectivity index (χ2v) is 4.73. The quantitative estimate of drug-likeness (QED) is 0.811. The van der Waals surface area contributed by atoms with Crippen molar-refractivity contribution in [2.24, 2.45) is 0 Å². The number of carboxylic acids is 1. The first-order valence-electron chi connectivity index (χ1n) is 6.72. The van der Waals surface area contributed by atoms with Crippen LogP contribution in [-0.2, 0) is 9.53 Å². The topological polar surface area (TPSA) is 78.9 Å². The third-order valence-corrected chi connectivity index (χ3v) is 3.30. The number of hydrogen-bond acceptors (Lipinski definition) is 4. The van der Waals surface area contributed by atoms with Gasteiger partial charge in [0.25, 0.3) is 5.91 Å². The van der Waals surface area contributed by atoms with Crippen LogP contribution in [0.1, 0.15) is 21.5 Å². The summed E-state index contributed by atoms with van der Waals surface area (Å²) in [5.41, 5.74) is 4.84. The summed E-state index contributed by atoms with van der Waals surface area (Å²) < 4.78 is 5.23. The Morgan fingerprint density at radius 2 is 2.05 bits per heavy atom. The van der Waals surface area contributed by atoms with Gasteiger partial charge >= 0.3 is 5.97 Å². The monoisotopic (exact) mass is 290 g/mol. The SMILES string of the molecule is Cc1c(/C=C/C(=O)O)cccc1C(=O)NN1CCOCC1. The van der Waals surface area contributed by atoms with Crippen LogP contribution >= 0.6 is 0 Å². The third kappa shape index (κ3) is 4.14. The van der Waals surface area contributed by atoms with Gasteiger partial charge in [0.1, 0.15) is 0 Å². The Kier molecular flexibility index (Phi) is 5.08. The molecule has 6 nitrogen and oxygen atoms in total. The number of carbonyl (C=O) groups excluding carboxylic acids is 1. The molecule has 1 saturated heterocycles. The minimum absolute atomic E-state index is 0.194. The minimum Gasteiger partial charge on any atom is -0.478 e. The number of morpholine rings is 1. The standard InChI is InChI=1S/C15H18N2O4/c1-11-12(5-6-14(18)19)3-2-4-13(11)15(20)16-17-7-9-21-10-8-17/h2-6H,7-10H2,1H3,(H,16,20)(H,18,19)/b6-5+. The van der Waals surface area contributed by atoms with E-state index in [1.54, 1.807) is 25.1 Å². The van der Waals surface area contributed by atoms with E-state index in [1.165, 1.54) is 6.08 Å². The number of hydrazine groups is 1. The summed E-state index contributed by atoms with van der Waals surface area (Å²) in [5.74, 6) is -1.21. The van der Waals surface area contributed by atoms with E-state index in [4.69, 9.17) is 9.84 Å². The number of hydrogen-bond donors (Lipinski definition) is 2. The zero-order chi connectivity index (χ0) is 15.2. The lowest BCUT2D eigenvalue weighted by Gasteiger charge is -2.27. The normalized spacial score (nSPS) is 16.0. The lowest BCUT2D eigenvalue weighted by Crippen LogP contribution is -2.48. The van der Waals surface area contributed by atoms with Crippen molar-refractivity contribution in [3.63, 3.8) is 0 Å². The fraction of sp³-hybridized carbons (Fsp3) is 0.333. The summed E-state index contributed by atoms with van der Waals surface area (Å²) in [6, 6.07) is 5.24. The number of ether oxygens (including phenoxy) is 1. The van der Waals surface area contributed by atoms with Crippen molar-refractivity contribution >= 4 is 18.0 Å². The molecule has 0 unspecified atom stereocenters. The predicted molar refractivity (Wildman–Crippen MR) is 77.7 cm³/mol. The molecule has 21 heavy (non-hydrogen) atoms. The van der Waals surface area contributed by atoms with E-state index >= 15 is 0 Å². The average Bonchev–Trinajstić information content (AvgIpc) is 2.47. The lowest BCUT2D eigenvalue weighted by molar-refractivity contribution is -0.131. The summed E-state index contributed by atoms with van der Waals surface area (Å²) in [6.45, 7) is 4.31. The molecule has 0 spiro atoms. The van der Waals surface area contributed by atoms with Crippen LogP contribution in [0.2, 0.25) is 0 Å². The van der Waals surface area contributed by atoms with E-state index in [0.717, 1.165) is 11.6 Å². The summed E-state index contributed by atoms with van der Waals surface area (Å²) in [7, 11) is 0. The molecule has 112 valence electrons. The second-order valence-electron chi connectivity index (χ2n) is 4.73. The zero-order valence-corrected chi connectivity index (χ0v) is 11.8. The molecule has 0 saturated carbocycles. The molecule has 1 aromatic carbocycles. The Morgan fingerprint density at radius 3 is 2.71 bits per heavy atom. The van der Waals surface area contributed by atoms with Gasteiger partial charge in [0.05, 0.1) is 13.2 Å². The van der Waals surface area contributed by atoms with Crippen LogP contribution in [0, 0.1) is 6.92 Å². The molecule has 1 fully saturated rings. The summed E-state index contributed by atoms with van der Waals surface area (Å²) in [5, 5.41) is 10.5. The largest absolute Gasteiger partial charge is 0.478 e. The fourth-order valence-electron chi connectivity index (χ4n) is 2.12. The van der Waals surface area contributed by atoms with Crippen molar-refractivity contribution in [3.05, 3.63) is 41.0 Å². The van der Waals surface area contributed by atoms with Crippen LogP contribution < -0.4 is 5.43 Å². The Labute approximate surface area is 123 Å². The van der Waals surface area contributed by atoms with Gasteiger partial charge in [-0.15, -0.1) is 0 Å². The molecule has 0 aromatic heterocycles. The van der Waals surface area contributed by atoms with E-state index in [2.05, 4.69) is 5.43 Å². The van der Waals surface area contributed by atoms with Crippen molar-refractivity contribution in [1.29, 1.82) is 0 Å². The Hall–Kier alpha value is -2.18. The number of amides is 1. The molecule has 0 aliphatic carbocycles. The van der Waals surface area contributed by atoms with Gasteiger partial charge < -0.3 is 9.84 Å². The number of benzene rings is 1. The van der Waals surface area contributed by atoms with Crippen LogP contribution in [0.3, 0.4) is 0 Å². The molecule has 1 heterocycles. The first kappa shape index (κ1) is 15.2. The van der Waals surface area contributed by atoms with Gasteiger partial charge in [0.2, 0.25) is 0 Å². The molecule has 2 N–H and O–H groups in total. The van der Waals surface area contributed by atoms with E-state index < -0.39 is 5.97 Å². The molecular formula is C15H18N2O4. The highest BCUT2D eigenvalue weighted by Gasteiger charge is 2.16. The zero-order valence-electron chi connectivity index (χ0n) is 11.8. The number of rotatable bonds is 4. The number of nitrogens with zero attached hydrogens (tertiary/aromatic N) is 1. The van der Waals surface area contributed by atoms with Gasteiger partial charge in [-0.05, 0) is 30.2 Å². The number of aliphatic carboxylic acids is 1. The van der Waals surface area contributed by atoms with Crippen LogP contribution in [-0.4, -0.2) is 48.3 Å². The first-order chi connectivity index (χ1) is 10.1. The summed E-state index contributed by atoms with van der Waals surface area (Å²) >= 11 is 0. The molecule has 0 atom stereocenters. The smallest absolute Gasteiger partial charge is 0.328 e. The van der Waals surface area contributed by atoms with Crippen molar-refractivity contribution in [1.82, 2.24) is 10.4 Å². The molecule has 6 heteroatoms. The van der Waals surface area contributed by atoms with Gasteiger partial charge in [-0.3, -0.25) is 10.2 Å². The summed E-state index contributed by atoms with van der Waals surface area (Å²) in [4.78, 5) is 22.9. The molecule has 1 aliphatic rings. The lowest BCUT2D eigenvalue weighted by atomic mass is 10.0. The van der Waals surface area contributed by atoms with Crippen LogP contribution in [0.5, 0.6) is 0 Å². The van der Waals surface area contributed by atoms with E-state index in [0.29, 0.717) is 37.4 Å². The van der Waals surface area contributed by atoms with Crippen molar-refractivity contribution in [2.45, 2.75) is 6.92 Å². The maximum atomic E-state index is 12.3. The maximum Gasteiger partial charge on any atom is 0.328 e. The van der Waals surface area contributed by atoms with Gasteiger partial charge in [-0.2, -0.15) is 0 Å². The molecular weight excluding hydrogens is 272 g/mol. The van der Waals surface area contributed by atoms with Gasteiger partial charge in [-0.25, -0.2) is 9.80 Å². The number of nitrogens with one attached hydrogen (secondary N) is 1. The Bertz CT molecular complexity index is 563. The first-order valence-corrected chi connectivity index (χ1v) is 6.72. The second kappa shape index (κ2) is 7.01. The molecule has 2 rings (SSSR count). The highest BCUT2D eigenvalue weighted by atomic mass is 16.5. The summed E-state index contributed by atoms with van der Waals surface area (Å²) in [6.07, 6.45) is 2.55.